The lowest BCUT2D eigenvalue weighted by Gasteiger charge is -2.35. The molecule has 1 heterocycles. The van der Waals surface area contributed by atoms with Crippen LogP contribution in [0.2, 0.25) is 0 Å². The summed E-state index contributed by atoms with van der Waals surface area (Å²) in [5, 5.41) is 17.1. The fourth-order valence-electron chi connectivity index (χ4n) is 3.26. The van der Waals surface area contributed by atoms with Crippen molar-refractivity contribution in [2.75, 3.05) is 24.7 Å². The van der Waals surface area contributed by atoms with Crippen LogP contribution in [0.1, 0.15) is 46.5 Å². The molecular formula is C17H29N5O2S. The Morgan fingerprint density at radius 3 is 2.60 bits per heavy atom. The summed E-state index contributed by atoms with van der Waals surface area (Å²) in [7, 11) is 0. The molecule has 2 fully saturated rings. The van der Waals surface area contributed by atoms with Crippen molar-refractivity contribution >= 4 is 17.7 Å². The highest BCUT2D eigenvalue weighted by Crippen LogP contribution is 2.25. The van der Waals surface area contributed by atoms with Crippen LogP contribution in [0.3, 0.4) is 0 Å². The Kier molecular flexibility index (Phi) is 7.08. The number of hydrogen-bond acceptors (Lipinski definition) is 6. The van der Waals surface area contributed by atoms with Gasteiger partial charge in [0.15, 0.2) is 0 Å². The Balaban J connectivity index is 1.77. The number of nitrogens with zero attached hydrogens (tertiary/aromatic N) is 4. The fraction of sp³-hybridized carbons (Fsp3) is 0.882. The highest BCUT2D eigenvalue weighted by atomic mass is 32.2. The van der Waals surface area contributed by atoms with Gasteiger partial charge in [-0.2, -0.15) is 5.26 Å². The smallest absolute Gasteiger partial charge is 0.225 e. The molecule has 0 aromatic rings. The molecule has 2 rings (SSSR count). The molecule has 1 saturated carbocycles. The monoisotopic (exact) mass is 367 g/mol. The molecule has 1 unspecified atom stereocenters. The second-order valence-corrected chi connectivity index (χ2v) is 8.93. The maximum Gasteiger partial charge on any atom is 0.225 e. The molecule has 0 spiro atoms. The zero-order chi connectivity index (χ0) is 18.4. The number of hydrogen-bond donors (Lipinski definition) is 1. The SMILES string of the molecule is CC(C)(C)C(=O)NC1CCC(N(CCN2CSCC2C#N)N=O)CC1. The van der Waals surface area contributed by atoms with Gasteiger partial charge in [0.05, 0.1) is 23.9 Å². The van der Waals surface area contributed by atoms with E-state index in [1.165, 1.54) is 0 Å². The number of nitrogens with one attached hydrogen (secondary N) is 1. The summed E-state index contributed by atoms with van der Waals surface area (Å²) in [6.07, 6.45) is 3.46. The van der Waals surface area contributed by atoms with Crippen LogP contribution in [0.25, 0.3) is 0 Å². The predicted octanol–water partition coefficient (Wildman–Crippen LogP) is 2.34. The molecule has 1 atom stereocenters. The van der Waals surface area contributed by atoms with Crippen LogP contribution in [0.15, 0.2) is 5.29 Å². The van der Waals surface area contributed by atoms with E-state index in [1.54, 1.807) is 16.8 Å². The largest absolute Gasteiger partial charge is 0.353 e. The lowest BCUT2D eigenvalue weighted by molar-refractivity contribution is -0.129. The van der Waals surface area contributed by atoms with Crippen molar-refractivity contribution in [1.82, 2.24) is 15.2 Å². The molecule has 0 aromatic carbocycles. The molecule has 25 heavy (non-hydrogen) atoms. The van der Waals surface area contributed by atoms with Gasteiger partial charge in [0.1, 0.15) is 6.04 Å². The summed E-state index contributed by atoms with van der Waals surface area (Å²) in [6, 6.07) is 2.58. The summed E-state index contributed by atoms with van der Waals surface area (Å²) < 4.78 is 0. The van der Waals surface area contributed by atoms with Gasteiger partial charge in [0.2, 0.25) is 5.91 Å². The molecule has 8 heteroatoms. The van der Waals surface area contributed by atoms with Crippen LogP contribution in [0.5, 0.6) is 0 Å². The van der Waals surface area contributed by atoms with Crippen LogP contribution in [-0.4, -0.2) is 58.7 Å². The topological polar surface area (TPSA) is 88.8 Å². The molecule has 0 aromatic heterocycles. The quantitative estimate of drug-likeness (QED) is 0.572. The van der Waals surface area contributed by atoms with Gasteiger partial charge in [-0.3, -0.25) is 14.7 Å². The average molecular weight is 368 g/mol. The lowest BCUT2D eigenvalue weighted by atomic mass is 9.89. The molecular weight excluding hydrogens is 338 g/mol. The summed E-state index contributed by atoms with van der Waals surface area (Å²) >= 11 is 1.75. The Bertz CT molecular complexity index is 508. The van der Waals surface area contributed by atoms with E-state index in [4.69, 9.17) is 5.26 Å². The van der Waals surface area contributed by atoms with E-state index in [1.807, 2.05) is 20.8 Å². The third kappa shape index (κ3) is 5.58. The van der Waals surface area contributed by atoms with Crippen LogP contribution in [0.4, 0.5) is 0 Å². The first-order chi connectivity index (χ1) is 11.8. The minimum absolute atomic E-state index is 0.0538. The molecule has 1 N–H and O–H groups in total. The maximum atomic E-state index is 12.1. The average Bonchev–Trinajstić information content (AvgIpc) is 3.03. The zero-order valence-corrected chi connectivity index (χ0v) is 16.2. The van der Waals surface area contributed by atoms with Crippen molar-refractivity contribution < 1.29 is 4.79 Å². The van der Waals surface area contributed by atoms with E-state index in [2.05, 4.69) is 21.6 Å². The molecule has 7 nitrogen and oxygen atoms in total. The predicted molar refractivity (Wildman–Crippen MR) is 99.6 cm³/mol. The number of amides is 1. The Morgan fingerprint density at radius 2 is 2.04 bits per heavy atom. The van der Waals surface area contributed by atoms with Crippen molar-refractivity contribution in [2.45, 2.75) is 64.6 Å². The van der Waals surface area contributed by atoms with Gasteiger partial charge >= 0.3 is 0 Å². The lowest BCUT2D eigenvalue weighted by Crippen LogP contribution is -2.46. The van der Waals surface area contributed by atoms with Gasteiger partial charge in [0, 0.05) is 29.6 Å². The first-order valence-corrected chi connectivity index (χ1v) is 10.1. The van der Waals surface area contributed by atoms with Gasteiger partial charge in [-0.1, -0.05) is 20.8 Å². The van der Waals surface area contributed by atoms with Crippen molar-refractivity contribution in [3.8, 4) is 6.07 Å². The number of thioether (sulfide) groups is 1. The Hall–Kier alpha value is -1.33. The standard InChI is InChI=1S/C17H29N5O2S/c1-17(2,3)16(23)19-13-4-6-14(7-5-13)22(20-24)9-8-21-12-25-11-15(21)10-18/h13-15H,4-9,11-12H2,1-3H3,(H,19,23). The summed E-state index contributed by atoms with van der Waals surface area (Å²) in [6.45, 7) is 7.00. The number of carbonyl (C=O) groups is 1. The van der Waals surface area contributed by atoms with Crippen molar-refractivity contribution in [2.24, 2.45) is 10.7 Å². The zero-order valence-electron chi connectivity index (χ0n) is 15.4. The number of rotatable bonds is 6. The van der Waals surface area contributed by atoms with Crippen molar-refractivity contribution in [1.29, 1.82) is 5.26 Å². The second-order valence-electron chi connectivity index (χ2n) is 7.93. The first kappa shape index (κ1) is 20.0. The van der Waals surface area contributed by atoms with Crippen LogP contribution in [0, 0.1) is 21.7 Å². The minimum atomic E-state index is -0.377. The van der Waals surface area contributed by atoms with Crippen LogP contribution in [-0.2, 0) is 4.79 Å². The van der Waals surface area contributed by atoms with Crippen molar-refractivity contribution in [3.05, 3.63) is 4.91 Å². The van der Waals surface area contributed by atoms with Crippen LogP contribution >= 0.6 is 11.8 Å². The summed E-state index contributed by atoms with van der Waals surface area (Å²) in [4.78, 5) is 25.5. The molecule has 1 aliphatic carbocycles. The van der Waals surface area contributed by atoms with E-state index in [0.29, 0.717) is 13.1 Å². The van der Waals surface area contributed by atoms with Gasteiger partial charge < -0.3 is 5.32 Å². The highest BCUT2D eigenvalue weighted by Gasteiger charge is 2.31. The highest BCUT2D eigenvalue weighted by molar-refractivity contribution is 7.99. The van der Waals surface area contributed by atoms with Gasteiger partial charge in [-0.25, -0.2) is 0 Å². The number of nitriles is 1. The van der Waals surface area contributed by atoms with Gasteiger partial charge in [-0.15, -0.1) is 16.7 Å². The summed E-state index contributed by atoms with van der Waals surface area (Å²) in [5.41, 5.74) is -0.377. The fourth-order valence-corrected chi connectivity index (χ4v) is 4.41. The van der Waals surface area contributed by atoms with E-state index in [9.17, 15) is 9.70 Å². The van der Waals surface area contributed by atoms with E-state index >= 15 is 0 Å². The molecule has 2 aliphatic rings. The number of nitroso groups, excluding NO2 is 1. The molecule has 0 bridgehead atoms. The normalized spacial score (nSPS) is 27.5. The minimum Gasteiger partial charge on any atom is -0.353 e. The molecule has 140 valence electrons. The maximum absolute atomic E-state index is 12.1. The Labute approximate surface area is 154 Å². The van der Waals surface area contributed by atoms with E-state index in [-0.39, 0.29) is 29.4 Å². The van der Waals surface area contributed by atoms with E-state index < -0.39 is 0 Å². The molecule has 1 amide bonds. The van der Waals surface area contributed by atoms with E-state index in [0.717, 1.165) is 37.3 Å². The Morgan fingerprint density at radius 1 is 1.36 bits per heavy atom. The second kappa shape index (κ2) is 8.86. The van der Waals surface area contributed by atoms with Gasteiger partial charge in [0.25, 0.3) is 0 Å². The third-order valence-corrected chi connectivity index (χ3v) is 6.04. The molecule has 1 saturated heterocycles. The van der Waals surface area contributed by atoms with Gasteiger partial charge in [-0.05, 0) is 25.7 Å². The summed E-state index contributed by atoms with van der Waals surface area (Å²) in [5.74, 6) is 1.76. The number of carbonyl (C=O) groups excluding carboxylic acids is 1. The van der Waals surface area contributed by atoms with Crippen molar-refractivity contribution in [3.63, 3.8) is 0 Å². The molecule has 1 aliphatic heterocycles. The van der Waals surface area contributed by atoms with Crippen LogP contribution < -0.4 is 5.32 Å². The third-order valence-electron chi connectivity index (χ3n) is 4.98. The molecule has 0 radical (unpaired) electrons. The first-order valence-electron chi connectivity index (χ1n) is 8.97.